The standard InChI is InChI=1S/C53H92O14/c1-3-5-7-9-11-13-15-17-19-21-22-24-26-28-30-32-34-36-45(55)65-42(39-62-37-35-33-31-29-27-25-23-20-18-16-14-12-10-8-6-4-2)40-63-52-51(61)49(59)47(57)44(67-52)41-64-53-50(60)48(58)46(56)43(38-54)66-53/h5,7,11,13,17-20,22,24,42-44,46-54,56-61H,3-4,6,8-10,12,14-16,21,23,25-41H2,1-2H3/b7-5-,13-11-,19-17-,20-18-,24-22-. The van der Waals surface area contributed by atoms with Gasteiger partial charge in [0.2, 0.25) is 0 Å². The van der Waals surface area contributed by atoms with Gasteiger partial charge in [0.05, 0.1) is 26.4 Å². The molecule has 67 heavy (non-hydrogen) atoms. The Hall–Kier alpha value is -2.31. The van der Waals surface area contributed by atoms with Crippen molar-refractivity contribution < 1.29 is 69.0 Å². The van der Waals surface area contributed by atoms with E-state index in [1.165, 1.54) is 64.2 Å². The van der Waals surface area contributed by atoms with E-state index in [1.54, 1.807) is 0 Å². The van der Waals surface area contributed by atoms with Crippen LogP contribution in [0.15, 0.2) is 60.8 Å². The van der Waals surface area contributed by atoms with Crippen LogP contribution < -0.4 is 0 Å². The molecule has 0 aromatic carbocycles. The maximum atomic E-state index is 13.0. The Morgan fingerprint density at radius 3 is 1.54 bits per heavy atom. The van der Waals surface area contributed by atoms with E-state index < -0.39 is 86.7 Å². The summed E-state index contributed by atoms with van der Waals surface area (Å²) in [5.74, 6) is -0.403. The first-order chi connectivity index (χ1) is 32.6. The van der Waals surface area contributed by atoms with Crippen molar-refractivity contribution in [1.29, 1.82) is 0 Å². The molecule has 0 bridgehead atoms. The molecule has 0 aromatic rings. The monoisotopic (exact) mass is 953 g/mol. The highest BCUT2D eigenvalue weighted by Crippen LogP contribution is 2.26. The summed E-state index contributed by atoms with van der Waals surface area (Å²) in [4.78, 5) is 13.0. The molecular formula is C53H92O14. The molecule has 0 aromatic heterocycles. The van der Waals surface area contributed by atoms with Gasteiger partial charge in [-0.1, -0.05) is 145 Å². The summed E-state index contributed by atoms with van der Waals surface area (Å²) in [6.07, 6.45) is 31.3. The molecule has 2 saturated heterocycles. The molecular weight excluding hydrogens is 861 g/mol. The number of aliphatic hydroxyl groups is 7. The average Bonchev–Trinajstić information content (AvgIpc) is 3.32. The van der Waals surface area contributed by atoms with Gasteiger partial charge in [-0.2, -0.15) is 0 Å². The number of hydrogen-bond donors (Lipinski definition) is 7. The van der Waals surface area contributed by atoms with Gasteiger partial charge in [-0.3, -0.25) is 4.79 Å². The first-order valence-electron chi connectivity index (χ1n) is 25.9. The van der Waals surface area contributed by atoms with Crippen LogP contribution in [0.1, 0.15) is 168 Å². The molecule has 0 aliphatic carbocycles. The van der Waals surface area contributed by atoms with Crippen LogP contribution in [0.25, 0.3) is 0 Å². The minimum atomic E-state index is -1.71. The third-order valence-electron chi connectivity index (χ3n) is 12.0. The van der Waals surface area contributed by atoms with Crippen molar-refractivity contribution in [3.05, 3.63) is 60.8 Å². The number of ether oxygens (including phenoxy) is 6. The largest absolute Gasteiger partial charge is 0.457 e. The number of esters is 1. The first kappa shape index (κ1) is 60.8. The third kappa shape index (κ3) is 28.2. The maximum Gasteiger partial charge on any atom is 0.306 e. The molecule has 7 N–H and O–H groups in total. The number of hydrogen-bond acceptors (Lipinski definition) is 14. The van der Waals surface area contributed by atoms with E-state index >= 15 is 0 Å². The second kappa shape index (κ2) is 40.4. The second-order valence-corrected chi connectivity index (χ2v) is 18.0. The van der Waals surface area contributed by atoms with E-state index in [0.29, 0.717) is 13.0 Å². The van der Waals surface area contributed by atoms with E-state index in [1.807, 2.05) is 0 Å². The molecule has 388 valence electrons. The fourth-order valence-corrected chi connectivity index (χ4v) is 7.80. The van der Waals surface area contributed by atoms with E-state index in [9.17, 15) is 40.5 Å². The molecule has 2 heterocycles. The smallest absolute Gasteiger partial charge is 0.306 e. The van der Waals surface area contributed by atoms with Crippen LogP contribution in [0.3, 0.4) is 0 Å². The first-order valence-corrected chi connectivity index (χ1v) is 25.9. The van der Waals surface area contributed by atoms with E-state index in [0.717, 1.165) is 77.0 Å². The Balaban J connectivity index is 1.79. The number of allylic oxidation sites excluding steroid dienone is 10. The van der Waals surface area contributed by atoms with Crippen LogP contribution in [0.2, 0.25) is 0 Å². The van der Waals surface area contributed by atoms with Crippen molar-refractivity contribution in [2.24, 2.45) is 0 Å². The summed E-state index contributed by atoms with van der Waals surface area (Å²) in [6.45, 7) is 3.51. The lowest BCUT2D eigenvalue weighted by Gasteiger charge is -2.42. The van der Waals surface area contributed by atoms with E-state index in [-0.39, 0.29) is 19.6 Å². The Bertz CT molecular complexity index is 1340. The Morgan fingerprint density at radius 1 is 0.507 bits per heavy atom. The molecule has 11 atom stereocenters. The molecule has 0 spiro atoms. The topological polar surface area (TPSA) is 214 Å². The zero-order chi connectivity index (χ0) is 48.7. The average molecular weight is 953 g/mol. The molecule has 0 saturated carbocycles. The van der Waals surface area contributed by atoms with Gasteiger partial charge < -0.3 is 64.2 Å². The summed E-state index contributed by atoms with van der Waals surface area (Å²) in [7, 11) is 0. The van der Waals surface area contributed by atoms with Crippen LogP contribution in [-0.4, -0.2) is 142 Å². The van der Waals surface area contributed by atoms with Crippen molar-refractivity contribution >= 4 is 5.97 Å². The Morgan fingerprint density at radius 2 is 0.970 bits per heavy atom. The van der Waals surface area contributed by atoms with Crippen molar-refractivity contribution in [2.45, 2.75) is 235 Å². The van der Waals surface area contributed by atoms with Gasteiger partial charge in [0, 0.05) is 13.0 Å². The lowest BCUT2D eigenvalue weighted by Crippen LogP contribution is -2.61. The molecule has 2 rings (SSSR count). The normalized spacial score (nSPS) is 26.6. The highest BCUT2D eigenvalue weighted by atomic mass is 16.7. The maximum absolute atomic E-state index is 13.0. The summed E-state index contributed by atoms with van der Waals surface area (Å²) in [6, 6.07) is 0. The summed E-state index contributed by atoms with van der Waals surface area (Å²) in [5.41, 5.74) is 0. The summed E-state index contributed by atoms with van der Waals surface area (Å²) < 4.78 is 34.2. The van der Waals surface area contributed by atoms with Gasteiger partial charge in [0.25, 0.3) is 0 Å². The molecule has 0 amide bonds. The van der Waals surface area contributed by atoms with Crippen LogP contribution in [-0.2, 0) is 33.2 Å². The van der Waals surface area contributed by atoms with Gasteiger partial charge >= 0.3 is 5.97 Å². The van der Waals surface area contributed by atoms with Gasteiger partial charge in [-0.05, 0) is 77.0 Å². The number of aliphatic hydroxyl groups excluding tert-OH is 7. The fraction of sp³-hybridized carbons (Fsp3) is 0.792. The number of carbonyl (C=O) groups is 1. The van der Waals surface area contributed by atoms with Gasteiger partial charge in [-0.25, -0.2) is 0 Å². The Labute approximate surface area is 403 Å². The predicted molar refractivity (Wildman–Crippen MR) is 261 cm³/mol. The fourth-order valence-electron chi connectivity index (χ4n) is 7.80. The minimum Gasteiger partial charge on any atom is -0.457 e. The molecule has 14 nitrogen and oxygen atoms in total. The number of unbranched alkanes of at least 4 members (excludes halogenated alkanes) is 16. The van der Waals surface area contributed by atoms with E-state index in [2.05, 4.69) is 74.6 Å². The van der Waals surface area contributed by atoms with Crippen molar-refractivity contribution in [3.8, 4) is 0 Å². The predicted octanol–water partition coefficient (Wildman–Crippen LogP) is 7.74. The molecule has 2 aliphatic rings. The second-order valence-electron chi connectivity index (χ2n) is 18.0. The molecule has 2 fully saturated rings. The minimum absolute atomic E-state index is 0.0450. The molecule has 0 radical (unpaired) electrons. The lowest BCUT2D eigenvalue weighted by molar-refractivity contribution is -0.332. The lowest BCUT2D eigenvalue weighted by atomic mass is 9.98. The van der Waals surface area contributed by atoms with Gasteiger partial charge in [0.15, 0.2) is 12.6 Å². The van der Waals surface area contributed by atoms with Gasteiger partial charge in [-0.15, -0.1) is 0 Å². The number of carbonyl (C=O) groups excluding carboxylic acids is 1. The molecule has 2 aliphatic heterocycles. The Kier molecular flexibility index (Phi) is 36.7. The molecule has 14 heteroatoms. The zero-order valence-corrected chi connectivity index (χ0v) is 41.1. The van der Waals surface area contributed by atoms with Crippen LogP contribution >= 0.6 is 0 Å². The molecule has 11 unspecified atom stereocenters. The quantitative estimate of drug-likeness (QED) is 0.0178. The summed E-state index contributed by atoms with van der Waals surface area (Å²) >= 11 is 0. The zero-order valence-electron chi connectivity index (χ0n) is 41.1. The van der Waals surface area contributed by atoms with Crippen LogP contribution in [0.4, 0.5) is 0 Å². The van der Waals surface area contributed by atoms with Crippen molar-refractivity contribution in [1.82, 2.24) is 0 Å². The highest BCUT2D eigenvalue weighted by molar-refractivity contribution is 5.69. The van der Waals surface area contributed by atoms with Crippen molar-refractivity contribution in [2.75, 3.05) is 33.0 Å². The van der Waals surface area contributed by atoms with E-state index in [4.69, 9.17) is 28.4 Å². The number of rotatable bonds is 40. The van der Waals surface area contributed by atoms with Crippen LogP contribution in [0.5, 0.6) is 0 Å². The van der Waals surface area contributed by atoms with Gasteiger partial charge in [0.1, 0.15) is 54.9 Å². The summed E-state index contributed by atoms with van der Waals surface area (Å²) in [5, 5.41) is 72.1. The SMILES string of the molecule is CC/C=C\C/C=C\C/C=C\C/C=C\CCCCCCC(=O)OC(COCCCCCCCC/C=C\CCCCCCCC)COC1OC(COC2OC(CO)C(O)C(O)C2O)C(O)C(O)C1O. The van der Waals surface area contributed by atoms with Crippen LogP contribution in [0, 0.1) is 0 Å². The third-order valence-corrected chi connectivity index (χ3v) is 12.0. The highest BCUT2D eigenvalue weighted by Gasteiger charge is 2.47. The van der Waals surface area contributed by atoms with Crippen molar-refractivity contribution in [3.63, 3.8) is 0 Å².